The highest BCUT2D eigenvalue weighted by Gasteiger charge is 2.16. The minimum Gasteiger partial charge on any atom is -0.462 e. The molecule has 0 aliphatic carbocycles. The summed E-state index contributed by atoms with van der Waals surface area (Å²) in [4.78, 5) is 24.2. The second-order valence-corrected chi connectivity index (χ2v) is 12.7. The second-order valence-electron chi connectivity index (χ2n) is 12.7. The molecule has 0 aliphatic heterocycles. The zero-order chi connectivity index (χ0) is 32.2. The van der Waals surface area contributed by atoms with Crippen molar-refractivity contribution in [1.82, 2.24) is 0 Å². The van der Waals surface area contributed by atoms with Crippen molar-refractivity contribution in [2.75, 3.05) is 13.2 Å². The van der Waals surface area contributed by atoms with Gasteiger partial charge < -0.3 is 14.6 Å². The summed E-state index contributed by atoms with van der Waals surface area (Å²) in [6.07, 6.45) is 40.9. The van der Waals surface area contributed by atoms with Crippen molar-refractivity contribution in [2.24, 2.45) is 0 Å². The molecule has 0 aromatic heterocycles. The molecule has 0 fully saturated rings. The van der Waals surface area contributed by atoms with Gasteiger partial charge in [0.25, 0.3) is 0 Å². The molecule has 1 unspecified atom stereocenters. The van der Waals surface area contributed by atoms with E-state index < -0.39 is 6.10 Å². The van der Waals surface area contributed by atoms with Crippen molar-refractivity contribution in [3.05, 3.63) is 24.3 Å². The SMILES string of the molecule is CCCCCC=CCC=CCCCCCCCCCCCC(=O)OCC(CO)OC(=O)CCCCCCCCCCCCC. The molecule has 0 spiro atoms. The lowest BCUT2D eigenvalue weighted by molar-refractivity contribution is -0.161. The molecule has 0 aromatic rings. The number of aliphatic hydroxyl groups excluding tert-OH is 1. The lowest BCUT2D eigenvalue weighted by atomic mass is 10.1. The zero-order valence-electron chi connectivity index (χ0n) is 29.2. The Balaban J connectivity index is 3.53. The number of unbranched alkanes of at least 4 members (excludes halogenated alkanes) is 22. The molecule has 0 rings (SSSR count). The van der Waals surface area contributed by atoms with Crippen LogP contribution in [0.15, 0.2) is 24.3 Å². The number of allylic oxidation sites excluding steroid dienone is 4. The smallest absolute Gasteiger partial charge is 0.306 e. The van der Waals surface area contributed by atoms with Crippen LogP contribution in [0.1, 0.15) is 194 Å². The third-order valence-corrected chi connectivity index (χ3v) is 8.25. The molecule has 0 heterocycles. The molecular formula is C39H72O5. The first-order valence-electron chi connectivity index (χ1n) is 18.9. The van der Waals surface area contributed by atoms with E-state index in [0.717, 1.165) is 44.9 Å². The number of carbonyl (C=O) groups is 2. The van der Waals surface area contributed by atoms with Gasteiger partial charge in [-0.1, -0.05) is 160 Å². The van der Waals surface area contributed by atoms with Gasteiger partial charge in [-0.15, -0.1) is 0 Å². The maximum atomic E-state index is 12.1. The normalized spacial score (nSPS) is 12.3. The Hall–Kier alpha value is -1.62. The number of rotatable bonds is 34. The van der Waals surface area contributed by atoms with Crippen LogP contribution in [0.4, 0.5) is 0 Å². The van der Waals surface area contributed by atoms with Crippen LogP contribution in [0.5, 0.6) is 0 Å². The zero-order valence-corrected chi connectivity index (χ0v) is 29.2. The maximum absolute atomic E-state index is 12.1. The number of aliphatic hydroxyl groups is 1. The van der Waals surface area contributed by atoms with E-state index in [1.54, 1.807) is 0 Å². The number of carbonyl (C=O) groups excluding carboxylic acids is 2. The van der Waals surface area contributed by atoms with Gasteiger partial charge in [-0.05, 0) is 44.9 Å². The van der Waals surface area contributed by atoms with Gasteiger partial charge in [-0.25, -0.2) is 0 Å². The van der Waals surface area contributed by atoms with E-state index in [9.17, 15) is 14.7 Å². The van der Waals surface area contributed by atoms with Crippen LogP contribution >= 0.6 is 0 Å². The lowest BCUT2D eigenvalue weighted by Gasteiger charge is -2.15. The Morgan fingerprint density at radius 1 is 0.523 bits per heavy atom. The topological polar surface area (TPSA) is 72.8 Å². The van der Waals surface area contributed by atoms with E-state index in [2.05, 4.69) is 38.2 Å². The summed E-state index contributed by atoms with van der Waals surface area (Å²) in [5.41, 5.74) is 0. The summed E-state index contributed by atoms with van der Waals surface area (Å²) in [7, 11) is 0. The summed E-state index contributed by atoms with van der Waals surface area (Å²) >= 11 is 0. The molecule has 0 aliphatic rings. The summed E-state index contributed by atoms with van der Waals surface area (Å²) < 4.78 is 10.6. The van der Waals surface area contributed by atoms with E-state index in [-0.39, 0.29) is 25.2 Å². The Morgan fingerprint density at radius 2 is 0.909 bits per heavy atom. The molecule has 0 aromatic carbocycles. The van der Waals surface area contributed by atoms with Crippen LogP contribution in [0, 0.1) is 0 Å². The standard InChI is InChI=1S/C39H72O5/c1-3-5-7-9-11-13-15-16-17-18-19-20-21-22-24-25-27-29-31-33-38(41)43-36-37(35-40)44-39(42)34-32-30-28-26-23-14-12-10-8-6-4-2/h11,13,16-17,37,40H,3-10,12,14-15,18-36H2,1-2H3. The van der Waals surface area contributed by atoms with E-state index in [0.29, 0.717) is 12.8 Å². The van der Waals surface area contributed by atoms with E-state index in [4.69, 9.17) is 9.47 Å². The fourth-order valence-electron chi connectivity index (χ4n) is 5.35. The summed E-state index contributed by atoms with van der Waals surface area (Å²) in [6.45, 7) is 4.10. The summed E-state index contributed by atoms with van der Waals surface area (Å²) in [6, 6.07) is 0. The monoisotopic (exact) mass is 621 g/mol. The van der Waals surface area contributed by atoms with Crippen molar-refractivity contribution in [3.8, 4) is 0 Å². The number of hydrogen-bond acceptors (Lipinski definition) is 5. The molecule has 0 bridgehead atoms. The highest BCUT2D eigenvalue weighted by atomic mass is 16.6. The molecule has 5 nitrogen and oxygen atoms in total. The van der Waals surface area contributed by atoms with E-state index in [1.165, 1.54) is 122 Å². The number of hydrogen-bond donors (Lipinski definition) is 1. The predicted octanol–water partition coefficient (Wildman–Crippen LogP) is 11.5. The fourth-order valence-corrected chi connectivity index (χ4v) is 5.35. The first-order chi connectivity index (χ1) is 21.6. The molecule has 0 saturated carbocycles. The van der Waals surface area contributed by atoms with E-state index >= 15 is 0 Å². The van der Waals surface area contributed by atoms with Gasteiger partial charge in [0.15, 0.2) is 6.10 Å². The Labute approximate surface area is 273 Å². The van der Waals surface area contributed by atoms with Crippen LogP contribution in [-0.4, -0.2) is 36.4 Å². The third kappa shape index (κ3) is 33.3. The number of esters is 2. The largest absolute Gasteiger partial charge is 0.462 e. The molecule has 1 N–H and O–H groups in total. The van der Waals surface area contributed by atoms with Gasteiger partial charge in [0.2, 0.25) is 0 Å². The van der Waals surface area contributed by atoms with Crippen LogP contribution in [0.3, 0.4) is 0 Å². The minimum absolute atomic E-state index is 0.0642. The van der Waals surface area contributed by atoms with Crippen molar-refractivity contribution in [1.29, 1.82) is 0 Å². The minimum atomic E-state index is -0.766. The molecule has 5 heteroatoms. The van der Waals surface area contributed by atoms with Crippen LogP contribution < -0.4 is 0 Å². The lowest BCUT2D eigenvalue weighted by Crippen LogP contribution is -2.28. The Kier molecular flexibility index (Phi) is 34.5. The third-order valence-electron chi connectivity index (χ3n) is 8.25. The summed E-state index contributed by atoms with van der Waals surface area (Å²) in [5.74, 6) is -0.591. The van der Waals surface area contributed by atoms with Crippen molar-refractivity contribution >= 4 is 11.9 Å². The number of ether oxygens (including phenoxy) is 2. The van der Waals surface area contributed by atoms with Gasteiger partial charge in [0, 0.05) is 12.8 Å². The first-order valence-corrected chi connectivity index (χ1v) is 18.9. The van der Waals surface area contributed by atoms with Gasteiger partial charge in [-0.2, -0.15) is 0 Å². The average molecular weight is 621 g/mol. The van der Waals surface area contributed by atoms with Crippen LogP contribution in [0.2, 0.25) is 0 Å². The summed E-state index contributed by atoms with van der Waals surface area (Å²) in [5, 5.41) is 9.52. The van der Waals surface area contributed by atoms with Crippen molar-refractivity contribution in [3.63, 3.8) is 0 Å². The fraction of sp³-hybridized carbons (Fsp3) is 0.846. The highest BCUT2D eigenvalue weighted by Crippen LogP contribution is 2.14. The molecule has 0 radical (unpaired) electrons. The van der Waals surface area contributed by atoms with Gasteiger partial charge in [0.1, 0.15) is 6.61 Å². The van der Waals surface area contributed by atoms with Crippen LogP contribution in [0.25, 0.3) is 0 Å². The van der Waals surface area contributed by atoms with E-state index in [1.807, 2.05) is 0 Å². The Bertz CT molecular complexity index is 671. The highest BCUT2D eigenvalue weighted by molar-refractivity contribution is 5.70. The molecule has 1 atom stereocenters. The van der Waals surface area contributed by atoms with Gasteiger partial charge in [0.05, 0.1) is 6.61 Å². The first kappa shape index (κ1) is 42.4. The van der Waals surface area contributed by atoms with Crippen LogP contribution in [-0.2, 0) is 19.1 Å². The van der Waals surface area contributed by atoms with Gasteiger partial charge in [-0.3, -0.25) is 9.59 Å². The average Bonchev–Trinajstić information content (AvgIpc) is 3.02. The van der Waals surface area contributed by atoms with Crippen molar-refractivity contribution < 1.29 is 24.2 Å². The predicted molar refractivity (Wildman–Crippen MR) is 187 cm³/mol. The molecule has 44 heavy (non-hydrogen) atoms. The molecular weight excluding hydrogens is 548 g/mol. The Morgan fingerprint density at radius 3 is 1.39 bits per heavy atom. The van der Waals surface area contributed by atoms with Gasteiger partial charge >= 0.3 is 11.9 Å². The molecule has 0 amide bonds. The maximum Gasteiger partial charge on any atom is 0.306 e. The molecule has 258 valence electrons. The van der Waals surface area contributed by atoms with Crippen molar-refractivity contribution in [2.45, 2.75) is 200 Å². The second kappa shape index (κ2) is 35.9. The molecule has 0 saturated heterocycles. The quantitative estimate of drug-likeness (QED) is 0.0440.